The van der Waals surface area contributed by atoms with Crippen molar-refractivity contribution in [1.82, 2.24) is 23.4 Å². The Morgan fingerprint density at radius 2 is 1.93 bits per heavy atom. The van der Waals surface area contributed by atoms with Crippen LogP contribution in [0.15, 0.2) is 35.5 Å². The molecule has 0 bridgehead atoms. The predicted molar refractivity (Wildman–Crippen MR) is 106 cm³/mol. The summed E-state index contributed by atoms with van der Waals surface area (Å²) < 4.78 is 36.9. The minimum absolute atomic E-state index is 0.283. The first-order chi connectivity index (χ1) is 13.5. The molecule has 0 radical (unpaired) electrons. The summed E-state index contributed by atoms with van der Waals surface area (Å²) >= 11 is 0. The number of hydrogen-bond donors (Lipinski definition) is 0. The van der Waals surface area contributed by atoms with Gasteiger partial charge in [-0.2, -0.15) is 4.31 Å². The number of morpholine rings is 1. The number of rotatable bonds is 6. The number of fused-ring (bicyclic) bond motifs is 1. The van der Waals surface area contributed by atoms with Gasteiger partial charge in [0, 0.05) is 38.4 Å². The van der Waals surface area contributed by atoms with E-state index >= 15 is 0 Å². The highest BCUT2D eigenvalue weighted by atomic mass is 32.2. The van der Waals surface area contributed by atoms with Gasteiger partial charge < -0.3 is 13.9 Å². The zero-order chi connectivity index (χ0) is 19.7. The number of aryl methyl sites for hydroxylation is 2. The molecule has 0 unspecified atom stereocenters. The van der Waals surface area contributed by atoms with Crippen molar-refractivity contribution in [3.05, 3.63) is 42.2 Å². The molecular weight excluding hydrogens is 378 g/mol. The maximum Gasteiger partial charge on any atom is 0.243 e. The Labute approximate surface area is 164 Å². The fourth-order valence-electron chi connectivity index (χ4n) is 3.68. The van der Waals surface area contributed by atoms with Crippen LogP contribution in [0.3, 0.4) is 0 Å². The Balaban J connectivity index is 1.72. The van der Waals surface area contributed by atoms with Gasteiger partial charge >= 0.3 is 0 Å². The van der Waals surface area contributed by atoms with Crippen LogP contribution in [0.5, 0.6) is 0 Å². The fraction of sp³-hybridized carbons (Fsp3) is 0.474. The van der Waals surface area contributed by atoms with E-state index in [9.17, 15) is 8.42 Å². The summed E-state index contributed by atoms with van der Waals surface area (Å²) in [6, 6.07) is 5.22. The van der Waals surface area contributed by atoms with Gasteiger partial charge in [-0.05, 0) is 25.1 Å². The van der Waals surface area contributed by atoms with Crippen molar-refractivity contribution in [1.29, 1.82) is 0 Å². The molecule has 0 aliphatic carbocycles. The maximum absolute atomic E-state index is 13.0. The largest absolute Gasteiger partial charge is 0.379 e. The lowest BCUT2D eigenvalue weighted by atomic mass is 10.3. The smallest absolute Gasteiger partial charge is 0.243 e. The molecular formula is C19H25N5O3S. The minimum atomic E-state index is -3.54. The summed E-state index contributed by atoms with van der Waals surface area (Å²) in [5, 5.41) is 0. The highest BCUT2D eigenvalue weighted by Crippen LogP contribution is 2.24. The lowest BCUT2D eigenvalue weighted by Crippen LogP contribution is -2.40. The third kappa shape index (κ3) is 3.34. The van der Waals surface area contributed by atoms with Gasteiger partial charge in [-0.25, -0.2) is 18.4 Å². The summed E-state index contributed by atoms with van der Waals surface area (Å²) in [6.07, 6.45) is 4.60. The van der Waals surface area contributed by atoms with Crippen molar-refractivity contribution in [3.63, 3.8) is 0 Å². The second-order valence-corrected chi connectivity index (χ2v) is 8.70. The van der Waals surface area contributed by atoms with Crippen LogP contribution in [0.4, 0.5) is 0 Å². The van der Waals surface area contributed by atoms with Gasteiger partial charge in [0.05, 0.1) is 35.7 Å². The topological polar surface area (TPSA) is 82.2 Å². The average molecular weight is 404 g/mol. The third-order valence-corrected chi connectivity index (χ3v) is 7.05. The highest BCUT2D eigenvalue weighted by molar-refractivity contribution is 7.89. The van der Waals surface area contributed by atoms with E-state index in [2.05, 4.69) is 28.0 Å². The van der Waals surface area contributed by atoms with E-state index in [0.717, 1.165) is 30.1 Å². The molecule has 2 aromatic heterocycles. The Bertz CT molecular complexity index is 1080. The second kappa shape index (κ2) is 7.65. The fourth-order valence-corrected chi connectivity index (χ4v) is 5.11. The molecule has 9 heteroatoms. The van der Waals surface area contributed by atoms with Crippen molar-refractivity contribution in [3.8, 4) is 0 Å². The summed E-state index contributed by atoms with van der Waals surface area (Å²) in [5.41, 5.74) is 1.64. The molecule has 150 valence electrons. The van der Waals surface area contributed by atoms with E-state index in [4.69, 9.17) is 9.72 Å². The molecule has 0 amide bonds. The van der Waals surface area contributed by atoms with Crippen LogP contribution >= 0.6 is 0 Å². The lowest BCUT2D eigenvalue weighted by Gasteiger charge is -2.26. The van der Waals surface area contributed by atoms with Crippen LogP contribution in [-0.4, -0.2) is 58.1 Å². The Hall–Kier alpha value is -2.23. The number of hydrogen-bond acceptors (Lipinski definition) is 5. The second-order valence-electron chi connectivity index (χ2n) is 6.76. The molecule has 4 rings (SSSR count). The first-order valence-electron chi connectivity index (χ1n) is 9.61. The number of nitrogens with zero attached hydrogens (tertiary/aromatic N) is 5. The summed E-state index contributed by atoms with van der Waals surface area (Å²) in [4.78, 5) is 9.41. The van der Waals surface area contributed by atoms with Crippen LogP contribution < -0.4 is 0 Å². The van der Waals surface area contributed by atoms with Crippen LogP contribution in [0.25, 0.3) is 11.0 Å². The first kappa shape index (κ1) is 19.1. The van der Waals surface area contributed by atoms with Crippen LogP contribution in [0, 0.1) is 0 Å². The van der Waals surface area contributed by atoms with E-state index in [1.54, 1.807) is 18.3 Å². The zero-order valence-electron chi connectivity index (χ0n) is 16.2. The normalized spacial score (nSPS) is 16.1. The van der Waals surface area contributed by atoms with Crippen molar-refractivity contribution < 1.29 is 13.2 Å². The van der Waals surface area contributed by atoms with E-state index in [-0.39, 0.29) is 4.90 Å². The van der Waals surface area contributed by atoms with Crippen molar-refractivity contribution >= 4 is 21.1 Å². The molecule has 1 aromatic carbocycles. The molecule has 28 heavy (non-hydrogen) atoms. The lowest BCUT2D eigenvalue weighted by molar-refractivity contribution is 0.0730. The molecule has 3 aromatic rings. The molecule has 1 aliphatic rings. The SMILES string of the molecule is CCc1nccn1Cc1nc2cc(S(=O)(=O)N3CCOCC3)ccc2n1CC. The zero-order valence-corrected chi connectivity index (χ0v) is 17.0. The molecule has 1 aliphatic heterocycles. The summed E-state index contributed by atoms with van der Waals surface area (Å²) in [7, 11) is -3.54. The molecule has 0 atom stereocenters. The van der Waals surface area contributed by atoms with Crippen molar-refractivity contribution in [2.45, 2.75) is 38.3 Å². The van der Waals surface area contributed by atoms with Crippen molar-refractivity contribution in [2.24, 2.45) is 0 Å². The third-order valence-electron chi connectivity index (χ3n) is 5.15. The number of imidazole rings is 2. The number of sulfonamides is 1. The summed E-state index contributed by atoms with van der Waals surface area (Å²) in [5.74, 6) is 1.90. The Morgan fingerprint density at radius 1 is 1.14 bits per heavy atom. The number of aromatic nitrogens is 4. The van der Waals surface area contributed by atoms with Gasteiger partial charge in [-0.1, -0.05) is 6.92 Å². The summed E-state index contributed by atoms with van der Waals surface area (Å²) in [6.45, 7) is 7.14. The van der Waals surface area contributed by atoms with E-state index < -0.39 is 10.0 Å². The van der Waals surface area contributed by atoms with Gasteiger partial charge in [0.15, 0.2) is 0 Å². The highest BCUT2D eigenvalue weighted by Gasteiger charge is 2.27. The molecule has 1 saturated heterocycles. The first-order valence-corrected chi connectivity index (χ1v) is 11.1. The van der Waals surface area contributed by atoms with Gasteiger partial charge in [0.2, 0.25) is 10.0 Å². The molecule has 1 fully saturated rings. The minimum Gasteiger partial charge on any atom is -0.379 e. The molecule has 0 spiro atoms. The van der Waals surface area contributed by atoms with E-state index in [1.165, 1.54) is 4.31 Å². The number of ether oxygens (including phenoxy) is 1. The number of benzene rings is 1. The average Bonchev–Trinajstić information content (AvgIpc) is 3.31. The van der Waals surface area contributed by atoms with Crippen molar-refractivity contribution in [2.75, 3.05) is 26.3 Å². The Morgan fingerprint density at radius 3 is 2.64 bits per heavy atom. The monoisotopic (exact) mass is 403 g/mol. The molecule has 3 heterocycles. The quantitative estimate of drug-likeness (QED) is 0.628. The van der Waals surface area contributed by atoms with Gasteiger partial charge in [0.1, 0.15) is 11.6 Å². The molecule has 0 saturated carbocycles. The molecule has 8 nitrogen and oxygen atoms in total. The van der Waals surface area contributed by atoms with E-state index in [0.29, 0.717) is 38.4 Å². The maximum atomic E-state index is 13.0. The van der Waals surface area contributed by atoms with Crippen LogP contribution in [0.1, 0.15) is 25.5 Å². The molecule has 0 N–H and O–H groups in total. The van der Waals surface area contributed by atoms with Gasteiger partial charge in [0.25, 0.3) is 0 Å². The Kier molecular flexibility index (Phi) is 5.22. The van der Waals surface area contributed by atoms with Gasteiger partial charge in [-0.15, -0.1) is 0 Å². The standard InChI is InChI=1S/C19H25N5O3S/c1-3-18-20-7-8-22(18)14-19-21-16-13-15(5-6-17(16)24(19)4-2)28(25,26)23-9-11-27-12-10-23/h5-8,13H,3-4,9-12,14H2,1-2H3. The predicted octanol–water partition coefficient (Wildman–Crippen LogP) is 1.88. The van der Waals surface area contributed by atoms with Crippen LogP contribution in [-0.2, 0) is 34.3 Å². The van der Waals surface area contributed by atoms with Gasteiger partial charge in [-0.3, -0.25) is 0 Å². The van der Waals surface area contributed by atoms with E-state index in [1.807, 2.05) is 12.3 Å². The van der Waals surface area contributed by atoms with Crippen LogP contribution in [0.2, 0.25) is 0 Å².